The maximum absolute atomic E-state index is 12.5. The van der Waals surface area contributed by atoms with Crippen LogP contribution in [0.3, 0.4) is 0 Å². The summed E-state index contributed by atoms with van der Waals surface area (Å²) in [4.78, 5) is 0. The van der Waals surface area contributed by atoms with Crippen molar-refractivity contribution in [3.05, 3.63) is 0 Å². The summed E-state index contributed by atoms with van der Waals surface area (Å²) in [5, 5.41) is 3.33. The molecule has 0 aromatic carbocycles. The lowest BCUT2D eigenvalue weighted by Crippen LogP contribution is -2.44. The van der Waals surface area contributed by atoms with Crippen LogP contribution in [-0.4, -0.2) is 44.7 Å². The van der Waals surface area contributed by atoms with Crippen LogP contribution >= 0.6 is 0 Å². The molecular formula is C15H30N2O2S. The molecule has 1 aliphatic heterocycles. The van der Waals surface area contributed by atoms with Crippen molar-refractivity contribution in [2.45, 2.75) is 57.9 Å². The van der Waals surface area contributed by atoms with Gasteiger partial charge in [-0.3, -0.25) is 0 Å². The molecule has 20 heavy (non-hydrogen) atoms. The molecule has 5 heteroatoms. The molecule has 1 aliphatic carbocycles. The highest BCUT2D eigenvalue weighted by molar-refractivity contribution is 7.89. The number of hydrogen-bond acceptors (Lipinski definition) is 3. The SMILES string of the molecule is CC1CCCCC1N(C)S(=O)(=O)CCC1CCNCC1. The van der Waals surface area contributed by atoms with Gasteiger partial charge in [0.25, 0.3) is 0 Å². The van der Waals surface area contributed by atoms with Gasteiger partial charge in [-0.1, -0.05) is 19.8 Å². The molecule has 2 atom stereocenters. The van der Waals surface area contributed by atoms with E-state index in [1.165, 1.54) is 19.3 Å². The maximum atomic E-state index is 12.5. The number of sulfonamides is 1. The minimum Gasteiger partial charge on any atom is -0.317 e. The van der Waals surface area contributed by atoms with E-state index in [-0.39, 0.29) is 6.04 Å². The van der Waals surface area contributed by atoms with Crippen molar-refractivity contribution in [2.75, 3.05) is 25.9 Å². The predicted molar refractivity (Wildman–Crippen MR) is 83.2 cm³/mol. The Labute approximate surface area is 124 Å². The first-order chi connectivity index (χ1) is 9.50. The summed E-state index contributed by atoms with van der Waals surface area (Å²) in [7, 11) is -1.28. The molecule has 4 nitrogen and oxygen atoms in total. The zero-order chi connectivity index (χ0) is 14.6. The van der Waals surface area contributed by atoms with E-state index in [1.807, 2.05) is 0 Å². The third-order valence-electron chi connectivity index (χ3n) is 5.21. The second-order valence-electron chi connectivity index (χ2n) is 6.64. The summed E-state index contributed by atoms with van der Waals surface area (Å²) in [6.07, 6.45) is 7.69. The summed E-state index contributed by atoms with van der Waals surface area (Å²) < 4.78 is 26.7. The van der Waals surface area contributed by atoms with E-state index in [2.05, 4.69) is 12.2 Å². The van der Waals surface area contributed by atoms with E-state index in [1.54, 1.807) is 11.4 Å². The molecule has 1 saturated heterocycles. The molecule has 0 aromatic heterocycles. The second kappa shape index (κ2) is 7.23. The molecule has 118 valence electrons. The molecule has 1 heterocycles. The van der Waals surface area contributed by atoms with Crippen molar-refractivity contribution in [3.63, 3.8) is 0 Å². The van der Waals surface area contributed by atoms with Gasteiger partial charge < -0.3 is 5.32 Å². The standard InChI is InChI=1S/C15H30N2O2S/c1-13-5-3-4-6-15(13)17(2)20(18,19)12-9-14-7-10-16-11-8-14/h13-16H,3-12H2,1-2H3. The molecule has 1 N–H and O–H groups in total. The maximum Gasteiger partial charge on any atom is 0.214 e. The molecule has 2 unspecified atom stereocenters. The molecule has 1 saturated carbocycles. The van der Waals surface area contributed by atoms with Crippen LogP contribution < -0.4 is 5.32 Å². The number of nitrogens with one attached hydrogen (secondary N) is 1. The van der Waals surface area contributed by atoms with Gasteiger partial charge in [-0.05, 0) is 57.0 Å². The topological polar surface area (TPSA) is 49.4 Å². The van der Waals surface area contributed by atoms with Crippen LogP contribution in [0.5, 0.6) is 0 Å². The van der Waals surface area contributed by atoms with Gasteiger partial charge >= 0.3 is 0 Å². The zero-order valence-corrected chi connectivity index (χ0v) is 13.8. The third kappa shape index (κ3) is 4.18. The van der Waals surface area contributed by atoms with Crippen LogP contribution in [0.15, 0.2) is 0 Å². The molecule has 0 radical (unpaired) electrons. The van der Waals surface area contributed by atoms with E-state index in [9.17, 15) is 8.42 Å². The Morgan fingerprint density at radius 1 is 1.10 bits per heavy atom. The highest BCUT2D eigenvalue weighted by Gasteiger charge is 2.32. The summed E-state index contributed by atoms with van der Waals surface area (Å²) in [5.41, 5.74) is 0. The predicted octanol–water partition coefficient (Wildman–Crippen LogP) is 2.22. The van der Waals surface area contributed by atoms with Crippen LogP contribution in [0.1, 0.15) is 51.9 Å². The fraction of sp³-hybridized carbons (Fsp3) is 1.00. The Bertz CT molecular complexity index is 391. The van der Waals surface area contributed by atoms with Gasteiger partial charge in [0.2, 0.25) is 10.0 Å². The van der Waals surface area contributed by atoms with Crippen LogP contribution in [0.2, 0.25) is 0 Å². The zero-order valence-electron chi connectivity index (χ0n) is 13.0. The van der Waals surface area contributed by atoms with E-state index in [0.717, 1.165) is 38.8 Å². The van der Waals surface area contributed by atoms with Crippen molar-refractivity contribution >= 4 is 10.0 Å². The second-order valence-corrected chi connectivity index (χ2v) is 8.79. The Hall–Kier alpha value is -0.130. The van der Waals surface area contributed by atoms with Crippen LogP contribution in [-0.2, 0) is 10.0 Å². The quantitative estimate of drug-likeness (QED) is 0.847. The summed E-state index contributed by atoms with van der Waals surface area (Å²) >= 11 is 0. The molecular weight excluding hydrogens is 272 g/mol. The van der Waals surface area contributed by atoms with E-state index >= 15 is 0 Å². The van der Waals surface area contributed by atoms with Crippen LogP contribution in [0, 0.1) is 11.8 Å². The largest absolute Gasteiger partial charge is 0.317 e. The lowest BCUT2D eigenvalue weighted by Gasteiger charge is -2.35. The summed E-state index contributed by atoms with van der Waals surface area (Å²) in [6.45, 7) is 4.28. The average Bonchev–Trinajstić information content (AvgIpc) is 2.46. The van der Waals surface area contributed by atoms with E-state index in [4.69, 9.17) is 0 Å². The first kappa shape index (κ1) is 16.2. The minimum atomic E-state index is -3.08. The van der Waals surface area contributed by atoms with Gasteiger partial charge in [0.1, 0.15) is 0 Å². The van der Waals surface area contributed by atoms with Gasteiger partial charge in [0, 0.05) is 13.1 Å². The average molecular weight is 302 g/mol. The number of rotatable bonds is 5. The lowest BCUT2D eigenvalue weighted by atomic mass is 9.86. The van der Waals surface area contributed by atoms with Gasteiger partial charge in [-0.15, -0.1) is 0 Å². The molecule has 0 spiro atoms. The highest BCUT2D eigenvalue weighted by atomic mass is 32.2. The Morgan fingerprint density at radius 2 is 1.75 bits per heavy atom. The van der Waals surface area contributed by atoms with E-state index in [0.29, 0.717) is 17.6 Å². The molecule has 2 aliphatic rings. The third-order valence-corrected chi connectivity index (χ3v) is 7.11. The fourth-order valence-corrected chi connectivity index (χ4v) is 5.32. The lowest BCUT2D eigenvalue weighted by molar-refractivity contribution is 0.213. The number of hydrogen-bond donors (Lipinski definition) is 1. The van der Waals surface area contributed by atoms with Gasteiger partial charge in [-0.25, -0.2) is 12.7 Å². The molecule has 0 aromatic rings. The highest BCUT2D eigenvalue weighted by Crippen LogP contribution is 2.29. The fourth-order valence-electron chi connectivity index (χ4n) is 3.67. The Balaban J connectivity index is 1.87. The summed E-state index contributed by atoms with van der Waals surface area (Å²) in [5.74, 6) is 1.42. The van der Waals surface area contributed by atoms with Crippen molar-refractivity contribution in [1.29, 1.82) is 0 Å². The Morgan fingerprint density at radius 3 is 2.40 bits per heavy atom. The van der Waals surface area contributed by atoms with Crippen molar-refractivity contribution < 1.29 is 8.42 Å². The molecule has 2 rings (SSSR count). The van der Waals surface area contributed by atoms with Crippen LogP contribution in [0.25, 0.3) is 0 Å². The van der Waals surface area contributed by atoms with Crippen molar-refractivity contribution in [3.8, 4) is 0 Å². The molecule has 2 fully saturated rings. The number of nitrogens with zero attached hydrogens (tertiary/aromatic N) is 1. The molecule has 0 bridgehead atoms. The normalized spacial score (nSPS) is 29.8. The smallest absolute Gasteiger partial charge is 0.214 e. The van der Waals surface area contributed by atoms with Crippen LogP contribution in [0.4, 0.5) is 0 Å². The van der Waals surface area contributed by atoms with Gasteiger partial charge in [0.05, 0.1) is 5.75 Å². The van der Waals surface area contributed by atoms with Crippen molar-refractivity contribution in [2.24, 2.45) is 11.8 Å². The number of piperidine rings is 1. The minimum absolute atomic E-state index is 0.224. The van der Waals surface area contributed by atoms with E-state index < -0.39 is 10.0 Å². The monoisotopic (exact) mass is 302 g/mol. The summed E-state index contributed by atoms with van der Waals surface area (Å²) in [6, 6.07) is 0.224. The van der Waals surface area contributed by atoms with Gasteiger partial charge in [0.15, 0.2) is 0 Å². The van der Waals surface area contributed by atoms with Crippen molar-refractivity contribution in [1.82, 2.24) is 9.62 Å². The first-order valence-corrected chi connectivity index (χ1v) is 9.78. The van der Waals surface area contributed by atoms with Gasteiger partial charge in [-0.2, -0.15) is 0 Å². The molecule has 0 amide bonds. The Kier molecular flexibility index (Phi) is 5.87. The first-order valence-electron chi connectivity index (χ1n) is 8.17.